The number of carbonyl (C=O) groups is 2. The fraction of sp³-hybridized carbons (Fsp3) is 0.308. The van der Waals surface area contributed by atoms with E-state index >= 15 is 0 Å². The van der Waals surface area contributed by atoms with E-state index in [1.165, 1.54) is 5.69 Å². The number of anilines is 1. The molecule has 0 radical (unpaired) electrons. The highest BCUT2D eigenvalue weighted by molar-refractivity contribution is 6.35. The number of para-hydroxylation sites is 1. The molecule has 1 aliphatic rings. The SMILES string of the molecule is O=C(NCCc1ccccc1)C(=O)NC[C@@H](c1ccco1)N1CCN(c2ccccc2)CC1. The molecule has 7 heteroatoms. The zero-order valence-electron chi connectivity index (χ0n) is 18.7. The van der Waals surface area contributed by atoms with Crippen LogP contribution in [0.5, 0.6) is 0 Å². The Labute approximate surface area is 194 Å². The zero-order valence-corrected chi connectivity index (χ0v) is 18.7. The Morgan fingerprint density at radius 2 is 1.48 bits per heavy atom. The highest BCUT2D eigenvalue weighted by atomic mass is 16.3. The maximum absolute atomic E-state index is 12.4. The number of hydrogen-bond donors (Lipinski definition) is 2. The maximum Gasteiger partial charge on any atom is 0.309 e. The van der Waals surface area contributed by atoms with E-state index < -0.39 is 11.8 Å². The molecule has 0 unspecified atom stereocenters. The summed E-state index contributed by atoms with van der Waals surface area (Å²) in [7, 11) is 0. The van der Waals surface area contributed by atoms with E-state index in [-0.39, 0.29) is 6.04 Å². The molecular formula is C26H30N4O3. The van der Waals surface area contributed by atoms with Gasteiger partial charge < -0.3 is 20.0 Å². The molecule has 1 atom stereocenters. The second-order valence-electron chi connectivity index (χ2n) is 8.09. The van der Waals surface area contributed by atoms with Crippen LogP contribution in [0.15, 0.2) is 83.5 Å². The Morgan fingerprint density at radius 3 is 2.15 bits per heavy atom. The van der Waals surface area contributed by atoms with Crippen molar-refractivity contribution in [2.24, 2.45) is 0 Å². The molecule has 1 fully saturated rings. The third kappa shape index (κ3) is 6.23. The number of nitrogens with one attached hydrogen (secondary N) is 2. The second-order valence-corrected chi connectivity index (χ2v) is 8.09. The first-order valence-corrected chi connectivity index (χ1v) is 11.4. The average Bonchev–Trinajstić information content (AvgIpc) is 3.40. The van der Waals surface area contributed by atoms with Gasteiger partial charge in [-0.05, 0) is 36.2 Å². The summed E-state index contributed by atoms with van der Waals surface area (Å²) in [5.74, 6) is -0.450. The topological polar surface area (TPSA) is 77.8 Å². The Balaban J connectivity index is 1.28. The van der Waals surface area contributed by atoms with E-state index in [1.54, 1.807) is 6.26 Å². The Bertz CT molecular complexity index is 1000. The molecule has 4 rings (SSSR count). The standard InChI is InChI=1S/C26H30N4O3/c31-25(27-14-13-21-8-3-1-4-9-21)26(32)28-20-23(24-12-7-19-33-24)30-17-15-29(16-18-30)22-10-5-2-6-11-22/h1-12,19,23H,13-18,20H2,(H,27,31)(H,28,32)/t23-/m0/s1. The van der Waals surface area contributed by atoms with Crippen LogP contribution in [0.2, 0.25) is 0 Å². The first-order chi connectivity index (χ1) is 16.2. The highest BCUT2D eigenvalue weighted by Crippen LogP contribution is 2.24. The largest absolute Gasteiger partial charge is 0.468 e. The lowest BCUT2D eigenvalue weighted by Crippen LogP contribution is -2.50. The van der Waals surface area contributed by atoms with E-state index in [2.05, 4.69) is 32.6 Å². The summed E-state index contributed by atoms with van der Waals surface area (Å²) in [5.41, 5.74) is 2.33. The quantitative estimate of drug-likeness (QED) is 0.520. The van der Waals surface area contributed by atoms with Gasteiger partial charge in [0.15, 0.2) is 0 Å². The molecule has 2 N–H and O–H groups in total. The van der Waals surface area contributed by atoms with Crippen molar-refractivity contribution in [3.63, 3.8) is 0 Å². The van der Waals surface area contributed by atoms with Gasteiger partial charge in [0.25, 0.3) is 0 Å². The van der Waals surface area contributed by atoms with Gasteiger partial charge in [-0.1, -0.05) is 48.5 Å². The summed E-state index contributed by atoms with van der Waals surface area (Å²) in [4.78, 5) is 29.3. The van der Waals surface area contributed by atoms with Gasteiger partial charge in [0.1, 0.15) is 5.76 Å². The summed E-state index contributed by atoms with van der Waals surface area (Å²) < 4.78 is 5.66. The lowest BCUT2D eigenvalue weighted by molar-refractivity contribution is -0.139. The average molecular weight is 447 g/mol. The van der Waals surface area contributed by atoms with Crippen LogP contribution in [0, 0.1) is 0 Å². The Hall–Kier alpha value is -3.58. The number of piperazine rings is 1. The molecular weight excluding hydrogens is 416 g/mol. The molecule has 0 bridgehead atoms. The van der Waals surface area contributed by atoms with Crippen molar-refractivity contribution in [2.45, 2.75) is 12.5 Å². The smallest absolute Gasteiger partial charge is 0.309 e. The monoisotopic (exact) mass is 446 g/mol. The van der Waals surface area contributed by atoms with Crippen LogP contribution < -0.4 is 15.5 Å². The Kier molecular flexibility index (Phi) is 7.76. The van der Waals surface area contributed by atoms with E-state index in [4.69, 9.17) is 4.42 Å². The van der Waals surface area contributed by atoms with Crippen molar-refractivity contribution < 1.29 is 14.0 Å². The molecule has 3 aromatic rings. The predicted octanol–water partition coefficient (Wildman–Crippen LogP) is 2.62. The Morgan fingerprint density at radius 1 is 0.818 bits per heavy atom. The zero-order chi connectivity index (χ0) is 22.9. The number of rotatable bonds is 8. The van der Waals surface area contributed by atoms with Crippen LogP contribution in [0.25, 0.3) is 0 Å². The molecule has 0 spiro atoms. The minimum Gasteiger partial charge on any atom is -0.468 e. The molecule has 1 aromatic heterocycles. The molecule has 1 saturated heterocycles. The first kappa shape index (κ1) is 22.6. The molecule has 0 aliphatic carbocycles. The number of carbonyl (C=O) groups excluding carboxylic acids is 2. The number of hydrogen-bond acceptors (Lipinski definition) is 5. The van der Waals surface area contributed by atoms with Crippen molar-refractivity contribution >= 4 is 17.5 Å². The third-order valence-electron chi connectivity index (χ3n) is 5.95. The van der Waals surface area contributed by atoms with E-state index in [0.717, 1.165) is 37.5 Å². The molecule has 2 heterocycles. The maximum atomic E-state index is 12.4. The van der Waals surface area contributed by atoms with Gasteiger partial charge in [-0.15, -0.1) is 0 Å². The van der Waals surface area contributed by atoms with Crippen molar-refractivity contribution in [3.8, 4) is 0 Å². The minimum absolute atomic E-state index is 0.126. The number of amides is 2. The van der Waals surface area contributed by atoms with Gasteiger partial charge in [-0.25, -0.2) is 0 Å². The van der Waals surface area contributed by atoms with Gasteiger partial charge in [0, 0.05) is 45.0 Å². The van der Waals surface area contributed by atoms with E-state index in [1.807, 2.05) is 60.7 Å². The molecule has 1 aliphatic heterocycles. The van der Waals surface area contributed by atoms with Crippen LogP contribution in [0.3, 0.4) is 0 Å². The third-order valence-corrected chi connectivity index (χ3v) is 5.95. The summed E-state index contributed by atoms with van der Waals surface area (Å²) in [6, 6.07) is 23.9. The summed E-state index contributed by atoms with van der Waals surface area (Å²) >= 11 is 0. The van der Waals surface area contributed by atoms with E-state index in [0.29, 0.717) is 19.5 Å². The molecule has 33 heavy (non-hydrogen) atoms. The van der Waals surface area contributed by atoms with Crippen LogP contribution in [0.4, 0.5) is 5.69 Å². The molecule has 0 saturated carbocycles. The summed E-state index contributed by atoms with van der Waals surface area (Å²) in [6.45, 7) is 4.16. The van der Waals surface area contributed by atoms with Crippen molar-refractivity contribution in [2.75, 3.05) is 44.2 Å². The number of furan rings is 1. The van der Waals surface area contributed by atoms with Crippen molar-refractivity contribution in [1.82, 2.24) is 15.5 Å². The lowest BCUT2D eigenvalue weighted by Gasteiger charge is -2.39. The lowest BCUT2D eigenvalue weighted by atomic mass is 10.1. The normalized spacial score (nSPS) is 15.1. The van der Waals surface area contributed by atoms with Crippen LogP contribution in [-0.4, -0.2) is 56.0 Å². The van der Waals surface area contributed by atoms with Crippen LogP contribution in [-0.2, 0) is 16.0 Å². The fourth-order valence-corrected chi connectivity index (χ4v) is 4.14. The molecule has 7 nitrogen and oxygen atoms in total. The van der Waals surface area contributed by atoms with E-state index in [9.17, 15) is 9.59 Å². The van der Waals surface area contributed by atoms with Gasteiger partial charge in [-0.2, -0.15) is 0 Å². The number of nitrogens with zero attached hydrogens (tertiary/aromatic N) is 2. The van der Waals surface area contributed by atoms with Gasteiger partial charge >= 0.3 is 11.8 Å². The second kappa shape index (κ2) is 11.3. The molecule has 2 aromatic carbocycles. The number of benzene rings is 2. The highest BCUT2D eigenvalue weighted by Gasteiger charge is 2.28. The summed E-state index contributed by atoms with van der Waals surface area (Å²) in [6.07, 6.45) is 2.32. The van der Waals surface area contributed by atoms with Gasteiger partial charge in [0.05, 0.1) is 12.3 Å². The first-order valence-electron chi connectivity index (χ1n) is 11.4. The molecule has 2 amide bonds. The minimum atomic E-state index is -0.623. The van der Waals surface area contributed by atoms with Crippen molar-refractivity contribution in [1.29, 1.82) is 0 Å². The fourth-order valence-electron chi connectivity index (χ4n) is 4.14. The van der Waals surface area contributed by atoms with Gasteiger partial charge in [0.2, 0.25) is 0 Å². The summed E-state index contributed by atoms with van der Waals surface area (Å²) in [5, 5.41) is 5.49. The van der Waals surface area contributed by atoms with Crippen LogP contribution in [0.1, 0.15) is 17.4 Å². The predicted molar refractivity (Wildman–Crippen MR) is 128 cm³/mol. The van der Waals surface area contributed by atoms with Crippen LogP contribution >= 0.6 is 0 Å². The van der Waals surface area contributed by atoms with Gasteiger partial charge in [-0.3, -0.25) is 14.5 Å². The molecule has 172 valence electrons. The van der Waals surface area contributed by atoms with Crippen molar-refractivity contribution in [3.05, 3.63) is 90.4 Å².